The number of nitrogens with zero attached hydrogens (tertiary/aromatic N) is 3. The first-order chi connectivity index (χ1) is 12.8. The molecule has 1 aliphatic heterocycles. The summed E-state index contributed by atoms with van der Waals surface area (Å²) < 4.78 is 26.2. The van der Waals surface area contributed by atoms with Gasteiger partial charge < -0.3 is 5.32 Å². The number of amides is 1. The Morgan fingerprint density at radius 2 is 1.96 bits per heavy atom. The third kappa shape index (κ3) is 4.82. The average molecular weight is 431 g/mol. The molecule has 7 nitrogen and oxygen atoms in total. The highest BCUT2D eigenvalue weighted by atomic mass is 35.5. The van der Waals surface area contributed by atoms with E-state index in [1.807, 2.05) is 6.07 Å². The maximum atomic E-state index is 12.6. The molecular formula is C17H20Cl2N4O3S. The minimum atomic E-state index is -3.21. The summed E-state index contributed by atoms with van der Waals surface area (Å²) in [6, 6.07) is 7.08. The Hall–Kier alpha value is -1.61. The van der Waals surface area contributed by atoms with Gasteiger partial charge in [0.2, 0.25) is 15.9 Å². The number of benzene rings is 1. The van der Waals surface area contributed by atoms with E-state index in [-0.39, 0.29) is 11.8 Å². The lowest BCUT2D eigenvalue weighted by atomic mass is 9.97. The molecule has 1 amide bonds. The van der Waals surface area contributed by atoms with E-state index in [1.54, 1.807) is 29.1 Å². The molecular weight excluding hydrogens is 411 g/mol. The summed E-state index contributed by atoms with van der Waals surface area (Å²) in [5, 5.41) is 8.04. The number of halogens is 2. The molecule has 0 spiro atoms. The minimum absolute atomic E-state index is 0.137. The van der Waals surface area contributed by atoms with Crippen molar-refractivity contribution in [3.8, 4) is 0 Å². The van der Waals surface area contributed by atoms with Gasteiger partial charge in [-0.2, -0.15) is 5.10 Å². The highest BCUT2D eigenvalue weighted by Gasteiger charge is 2.29. The van der Waals surface area contributed by atoms with Crippen LogP contribution in [0.3, 0.4) is 0 Å². The maximum absolute atomic E-state index is 12.6. The summed E-state index contributed by atoms with van der Waals surface area (Å²) in [6.45, 7) is 1.08. The first kappa shape index (κ1) is 20.1. The molecule has 0 saturated carbocycles. The summed E-state index contributed by atoms with van der Waals surface area (Å²) in [6.07, 6.45) is 3.77. The third-order valence-corrected chi connectivity index (χ3v) is 6.77. The van der Waals surface area contributed by atoms with Crippen LogP contribution in [0.5, 0.6) is 0 Å². The van der Waals surface area contributed by atoms with E-state index in [0.717, 1.165) is 5.56 Å². The van der Waals surface area contributed by atoms with E-state index in [2.05, 4.69) is 10.4 Å². The molecule has 10 heteroatoms. The Kier molecular flexibility index (Phi) is 6.10. The minimum Gasteiger partial charge on any atom is -0.311 e. The fourth-order valence-corrected chi connectivity index (χ4v) is 4.33. The van der Waals surface area contributed by atoms with Crippen LogP contribution in [0.1, 0.15) is 18.4 Å². The van der Waals surface area contributed by atoms with Crippen LogP contribution >= 0.6 is 23.2 Å². The Labute approximate surface area is 168 Å². The van der Waals surface area contributed by atoms with Gasteiger partial charge in [-0.15, -0.1) is 0 Å². The number of nitrogens with one attached hydrogen (secondary N) is 1. The van der Waals surface area contributed by atoms with E-state index in [1.165, 1.54) is 10.6 Å². The van der Waals surface area contributed by atoms with Crippen LogP contribution in [0.4, 0.5) is 5.82 Å². The van der Waals surface area contributed by atoms with Crippen LogP contribution < -0.4 is 5.32 Å². The molecule has 1 N–H and O–H groups in total. The molecule has 1 fully saturated rings. The van der Waals surface area contributed by atoms with Gasteiger partial charge in [-0.05, 0) is 24.5 Å². The number of carbonyl (C=O) groups excluding carboxylic acids is 1. The Bertz CT molecular complexity index is 937. The maximum Gasteiger partial charge on any atom is 0.228 e. The van der Waals surface area contributed by atoms with Gasteiger partial charge >= 0.3 is 0 Å². The Morgan fingerprint density at radius 1 is 1.26 bits per heavy atom. The number of carbonyl (C=O) groups is 1. The second-order valence-electron chi connectivity index (χ2n) is 6.51. The molecule has 2 aromatic rings. The van der Waals surface area contributed by atoms with E-state index in [9.17, 15) is 13.2 Å². The highest BCUT2D eigenvalue weighted by molar-refractivity contribution is 7.88. The largest absolute Gasteiger partial charge is 0.311 e. The topological polar surface area (TPSA) is 84.3 Å². The fourth-order valence-electron chi connectivity index (χ4n) is 3.07. The predicted octanol–water partition coefficient (Wildman–Crippen LogP) is 2.85. The lowest BCUT2D eigenvalue weighted by Gasteiger charge is -2.29. The zero-order valence-corrected chi connectivity index (χ0v) is 17.1. The van der Waals surface area contributed by atoms with Crippen molar-refractivity contribution in [1.82, 2.24) is 14.1 Å². The van der Waals surface area contributed by atoms with E-state index in [0.29, 0.717) is 48.3 Å². The lowest BCUT2D eigenvalue weighted by Crippen LogP contribution is -2.41. The van der Waals surface area contributed by atoms with Crippen molar-refractivity contribution in [1.29, 1.82) is 0 Å². The molecule has 0 atom stereocenters. The van der Waals surface area contributed by atoms with E-state index < -0.39 is 10.0 Å². The molecule has 3 rings (SSSR count). The van der Waals surface area contributed by atoms with Gasteiger partial charge in [0.1, 0.15) is 5.82 Å². The summed E-state index contributed by atoms with van der Waals surface area (Å²) in [7, 11) is -3.21. The molecule has 27 heavy (non-hydrogen) atoms. The second kappa shape index (κ2) is 8.18. The quantitative estimate of drug-likeness (QED) is 0.789. The number of hydrogen-bond donors (Lipinski definition) is 1. The summed E-state index contributed by atoms with van der Waals surface area (Å²) in [5.41, 5.74) is 0.796. The molecule has 1 aromatic heterocycles. The number of anilines is 1. The predicted molar refractivity (Wildman–Crippen MR) is 106 cm³/mol. The first-order valence-corrected chi connectivity index (χ1v) is 11.1. The number of piperidine rings is 1. The average Bonchev–Trinajstić information content (AvgIpc) is 3.05. The zero-order valence-electron chi connectivity index (χ0n) is 14.7. The smallest absolute Gasteiger partial charge is 0.228 e. The van der Waals surface area contributed by atoms with Crippen molar-refractivity contribution in [2.75, 3.05) is 24.7 Å². The van der Waals surface area contributed by atoms with Crippen LogP contribution in [0.15, 0.2) is 30.5 Å². The third-order valence-electron chi connectivity index (χ3n) is 4.61. The van der Waals surface area contributed by atoms with Crippen LogP contribution in [0, 0.1) is 5.92 Å². The molecule has 0 aliphatic carbocycles. The van der Waals surface area contributed by atoms with Crippen LogP contribution in [0.2, 0.25) is 10.0 Å². The van der Waals surface area contributed by atoms with Crippen molar-refractivity contribution < 1.29 is 13.2 Å². The van der Waals surface area contributed by atoms with Gasteiger partial charge in [-0.25, -0.2) is 17.4 Å². The van der Waals surface area contributed by atoms with Crippen LogP contribution in [-0.4, -0.2) is 47.8 Å². The fraction of sp³-hybridized carbons (Fsp3) is 0.412. The number of hydrogen-bond acceptors (Lipinski definition) is 4. The Morgan fingerprint density at radius 3 is 2.63 bits per heavy atom. The summed E-state index contributed by atoms with van der Waals surface area (Å²) in [4.78, 5) is 12.6. The molecule has 2 heterocycles. The van der Waals surface area contributed by atoms with E-state index >= 15 is 0 Å². The molecule has 1 aromatic carbocycles. The van der Waals surface area contributed by atoms with Crippen molar-refractivity contribution in [3.05, 3.63) is 46.1 Å². The van der Waals surface area contributed by atoms with Crippen molar-refractivity contribution in [2.45, 2.75) is 19.4 Å². The van der Waals surface area contributed by atoms with Gasteiger partial charge in [0.15, 0.2) is 0 Å². The van der Waals surface area contributed by atoms with Crippen molar-refractivity contribution >= 4 is 45.0 Å². The Balaban J connectivity index is 1.65. The SMILES string of the molecule is CS(=O)(=O)N1CCC(C(=O)Nc2ccnn2Cc2cccc(Cl)c2Cl)CC1. The molecule has 0 radical (unpaired) electrons. The van der Waals surface area contributed by atoms with Gasteiger partial charge in [0, 0.05) is 25.1 Å². The first-order valence-electron chi connectivity index (χ1n) is 8.46. The lowest BCUT2D eigenvalue weighted by molar-refractivity contribution is -0.121. The van der Waals surface area contributed by atoms with Crippen molar-refractivity contribution in [3.63, 3.8) is 0 Å². The zero-order chi connectivity index (χ0) is 19.6. The second-order valence-corrected chi connectivity index (χ2v) is 9.28. The monoisotopic (exact) mass is 430 g/mol. The van der Waals surface area contributed by atoms with Gasteiger partial charge in [-0.3, -0.25) is 4.79 Å². The molecule has 146 valence electrons. The van der Waals surface area contributed by atoms with Crippen LogP contribution in [-0.2, 0) is 21.4 Å². The molecule has 0 unspecified atom stereocenters. The van der Waals surface area contributed by atoms with Crippen molar-refractivity contribution in [2.24, 2.45) is 5.92 Å². The van der Waals surface area contributed by atoms with Gasteiger partial charge in [0.25, 0.3) is 0 Å². The normalized spacial score (nSPS) is 16.4. The molecule has 1 saturated heterocycles. The summed E-state index contributed by atoms with van der Waals surface area (Å²) >= 11 is 12.3. The molecule has 1 aliphatic rings. The van der Waals surface area contributed by atoms with E-state index in [4.69, 9.17) is 23.2 Å². The van der Waals surface area contributed by atoms with Crippen LogP contribution in [0.25, 0.3) is 0 Å². The van der Waals surface area contributed by atoms with Gasteiger partial charge in [0.05, 0.1) is 29.0 Å². The number of sulfonamides is 1. The highest BCUT2D eigenvalue weighted by Crippen LogP contribution is 2.27. The standard InChI is InChI=1S/C17H20Cl2N4O3S/c1-27(25,26)22-9-6-12(7-10-22)17(24)21-15-5-8-20-23(15)11-13-3-2-4-14(18)16(13)19/h2-5,8,12H,6-7,9-11H2,1H3,(H,21,24). The molecule has 0 bridgehead atoms. The number of aromatic nitrogens is 2. The summed E-state index contributed by atoms with van der Waals surface area (Å²) in [5.74, 6) is 0.185. The number of rotatable bonds is 5. The van der Waals surface area contributed by atoms with Gasteiger partial charge in [-0.1, -0.05) is 35.3 Å².